The van der Waals surface area contributed by atoms with Gasteiger partial charge in [0, 0.05) is 30.3 Å². The zero-order valence-electron chi connectivity index (χ0n) is 12.7. The Morgan fingerprint density at radius 3 is 2.90 bits per heavy atom. The van der Waals surface area contributed by atoms with Crippen LogP contribution in [0.5, 0.6) is 0 Å². The summed E-state index contributed by atoms with van der Waals surface area (Å²) in [5.74, 6) is 2.52. The van der Waals surface area contributed by atoms with Crippen molar-refractivity contribution in [2.75, 3.05) is 6.54 Å². The van der Waals surface area contributed by atoms with E-state index in [1.165, 1.54) is 12.8 Å². The molecule has 4 rings (SSSR count). The van der Waals surface area contributed by atoms with Gasteiger partial charge in [-0.25, -0.2) is 0 Å². The fraction of sp³-hybridized carbons (Fsp3) is 0.812. The molecule has 0 spiro atoms. The van der Waals surface area contributed by atoms with E-state index in [1.54, 1.807) is 0 Å². The van der Waals surface area contributed by atoms with Crippen molar-refractivity contribution in [2.24, 2.45) is 5.41 Å². The average molecular weight is 289 g/mol. The molecule has 1 aliphatic heterocycles. The van der Waals surface area contributed by atoms with Crippen LogP contribution in [0.2, 0.25) is 0 Å². The standard InChI is InChI=1S/C16H23N3O2/c1-16(8-9-16)15(20)19-10-2-3-12(19)6-7-13-17-14(21-18-13)11-4-5-11/h11-12H,2-10H2,1H3. The van der Waals surface area contributed by atoms with E-state index in [-0.39, 0.29) is 5.41 Å². The quantitative estimate of drug-likeness (QED) is 0.836. The van der Waals surface area contributed by atoms with Gasteiger partial charge in [0.1, 0.15) is 0 Å². The minimum atomic E-state index is -0.0477. The molecule has 5 nitrogen and oxygen atoms in total. The van der Waals surface area contributed by atoms with E-state index in [0.29, 0.717) is 17.9 Å². The molecular weight excluding hydrogens is 266 g/mol. The Balaban J connectivity index is 1.35. The first-order chi connectivity index (χ1) is 10.2. The molecule has 2 saturated carbocycles. The molecule has 3 aliphatic rings. The third kappa shape index (κ3) is 2.58. The molecule has 0 bridgehead atoms. The highest BCUT2D eigenvalue weighted by molar-refractivity contribution is 5.85. The maximum atomic E-state index is 12.5. The number of amides is 1. The predicted octanol–water partition coefficient (Wildman–Crippen LogP) is 2.67. The summed E-state index contributed by atoms with van der Waals surface area (Å²) in [4.78, 5) is 19.1. The molecule has 1 aromatic rings. The molecule has 5 heteroatoms. The fourth-order valence-corrected chi connectivity index (χ4v) is 3.31. The van der Waals surface area contributed by atoms with E-state index in [0.717, 1.165) is 56.8 Å². The Morgan fingerprint density at radius 2 is 2.19 bits per heavy atom. The van der Waals surface area contributed by atoms with Crippen LogP contribution in [-0.2, 0) is 11.2 Å². The van der Waals surface area contributed by atoms with Gasteiger partial charge in [0.25, 0.3) is 0 Å². The predicted molar refractivity (Wildman–Crippen MR) is 76.7 cm³/mol. The molecule has 0 N–H and O–H groups in total. The SMILES string of the molecule is CC1(C(=O)N2CCCC2CCc2noc(C3CC3)n2)CC1. The third-order valence-electron chi connectivity index (χ3n) is 5.27. The summed E-state index contributed by atoms with van der Waals surface area (Å²) in [6, 6.07) is 0.373. The van der Waals surface area contributed by atoms with E-state index >= 15 is 0 Å². The normalized spacial score (nSPS) is 27.1. The summed E-state index contributed by atoms with van der Waals surface area (Å²) in [7, 11) is 0. The van der Waals surface area contributed by atoms with Crippen molar-refractivity contribution in [1.82, 2.24) is 15.0 Å². The van der Waals surface area contributed by atoms with Crippen LogP contribution in [-0.4, -0.2) is 33.5 Å². The summed E-state index contributed by atoms with van der Waals surface area (Å²) in [5.41, 5.74) is -0.0477. The number of hydrogen-bond donors (Lipinski definition) is 0. The second-order valence-electron chi connectivity index (χ2n) is 7.22. The van der Waals surface area contributed by atoms with Crippen LogP contribution in [0.15, 0.2) is 4.52 Å². The average Bonchev–Trinajstić information content (AvgIpc) is 3.37. The highest BCUT2D eigenvalue weighted by Crippen LogP contribution is 2.47. The van der Waals surface area contributed by atoms with Gasteiger partial charge in [-0.3, -0.25) is 4.79 Å². The smallest absolute Gasteiger partial charge is 0.229 e. The Hall–Kier alpha value is -1.39. The van der Waals surface area contributed by atoms with Crippen molar-refractivity contribution < 1.29 is 9.32 Å². The van der Waals surface area contributed by atoms with Crippen LogP contribution in [0.3, 0.4) is 0 Å². The molecule has 1 atom stereocenters. The van der Waals surface area contributed by atoms with Crippen LogP contribution in [0.4, 0.5) is 0 Å². The van der Waals surface area contributed by atoms with Crippen molar-refractivity contribution in [2.45, 2.75) is 70.3 Å². The summed E-state index contributed by atoms with van der Waals surface area (Å²) >= 11 is 0. The van der Waals surface area contributed by atoms with E-state index in [1.807, 2.05) is 0 Å². The van der Waals surface area contributed by atoms with Crippen molar-refractivity contribution in [3.8, 4) is 0 Å². The lowest BCUT2D eigenvalue weighted by Crippen LogP contribution is -2.40. The first kappa shape index (κ1) is 13.3. The highest BCUT2D eigenvalue weighted by Gasteiger charge is 2.49. The molecule has 2 aliphatic carbocycles. The molecule has 1 aromatic heterocycles. The zero-order chi connectivity index (χ0) is 14.4. The Morgan fingerprint density at radius 1 is 1.38 bits per heavy atom. The highest BCUT2D eigenvalue weighted by atomic mass is 16.5. The second-order valence-corrected chi connectivity index (χ2v) is 7.22. The number of likely N-dealkylation sites (tertiary alicyclic amines) is 1. The van der Waals surface area contributed by atoms with Gasteiger partial charge in [0.15, 0.2) is 5.82 Å². The largest absolute Gasteiger partial charge is 0.339 e. The molecular formula is C16H23N3O2. The fourth-order valence-electron chi connectivity index (χ4n) is 3.31. The number of aryl methyl sites for hydroxylation is 1. The first-order valence-corrected chi connectivity index (χ1v) is 8.29. The second kappa shape index (κ2) is 4.82. The maximum Gasteiger partial charge on any atom is 0.229 e. The van der Waals surface area contributed by atoms with Crippen LogP contribution in [0, 0.1) is 5.41 Å². The van der Waals surface area contributed by atoms with Crippen LogP contribution < -0.4 is 0 Å². The first-order valence-electron chi connectivity index (χ1n) is 8.29. The lowest BCUT2D eigenvalue weighted by molar-refractivity contribution is -0.137. The Kier molecular flexibility index (Phi) is 3.05. The molecule has 1 saturated heterocycles. The van der Waals surface area contributed by atoms with E-state index < -0.39 is 0 Å². The third-order valence-corrected chi connectivity index (χ3v) is 5.27. The maximum absolute atomic E-state index is 12.5. The van der Waals surface area contributed by atoms with Gasteiger partial charge in [-0.15, -0.1) is 0 Å². The lowest BCUT2D eigenvalue weighted by Gasteiger charge is -2.27. The van der Waals surface area contributed by atoms with Crippen molar-refractivity contribution in [3.05, 3.63) is 11.7 Å². The van der Waals surface area contributed by atoms with E-state index in [2.05, 4.69) is 22.0 Å². The van der Waals surface area contributed by atoms with Gasteiger partial charge >= 0.3 is 0 Å². The summed E-state index contributed by atoms with van der Waals surface area (Å²) in [6.45, 7) is 3.03. The minimum absolute atomic E-state index is 0.0477. The molecule has 21 heavy (non-hydrogen) atoms. The van der Waals surface area contributed by atoms with Crippen LogP contribution in [0.1, 0.15) is 69.5 Å². The van der Waals surface area contributed by atoms with Crippen LogP contribution >= 0.6 is 0 Å². The number of rotatable bonds is 5. The number of nitrogens with zero attached hydrogens (tertiary/aromatic N) is 3. The van der Waals surface area contributed by atoms with Gasteiger partial charge in [0.2, 0.25) is 11.8 Å². The Bertz CT molecular complexity index is 545. The topological polar surface area (TPSA) is 59.2 Å². The number of carbonyl (C=O) groups excluding carboxylic acids is 1. The van der Waals surface area contributed by atoms with E-state index in [4.69, 9.17) is 4.52 Å². The van der Waals surface area contributed by atoms with Crippen molar-refractivity contribution in [3.63, 3.8) is 0 Å². The van der Waals surface area contributed by atoms with Gasteiger partial charge in [-0.05, 0) is 44.9 Å². The summed E-state index contributed by atoms with van der Waals surface area (Å²) in [5, 5.41) is 4.08. The molecule has 0 aromatic carbocycles. The molecule has 1 amide bonds. The molecule has 2 heterocycles. The molecule has 0 radical (unpaired) electrons. The number of hydrogen-bond acceptors (Lipinski definition) is 4. The van der Waals surface area contributed by atoms with Gasteiger partial charge in [0.05, 0.1) is 0 Å². The lowest BCUT2D eigenvalue weighted by atomic mass is 10.0. The van der Waals surface area contributed by atoms with Gasteiger partial charge < -0.3 is 9.42 Å². The van der Waals surface area contributed by atoms with Crippen LogP contribution in [0.25, 0.3) is 0 Å². The Labute approximate surface area is 125 Å². The van der Waals surface area contributed by atoms with Gasteiger partial charge in [-0.1, -0.05) is 12.1 Å². The zero-order valence-corrected chi connectivity index (χ0v) is 12.7. The minimum Gasteiger partial charge on any atom is -0.339 e. The summed E-state index contributed by atoms with van der Waals surface area (Å²) < 4.78 is 5.30. The molecule has 114 valence electrons. The monoisotopic (exact) mass is 289 g/mol. The molecule has 3 fully saturated rings. The number of carbonyl (C=O) groups is 1. The van der Waals surface area contributed by atoms with Gasteiger partial charge in [-0.2, -0.15) is 4.98 Å². The summed E-state index contributed by atoms with van der Waals surface area (Å²) in [6.07, 6.45) is 8.53. The molecule has 1 unspecified atom stereocenters. The van der Waals surface area contributed by atoms with Crippen molar-refractivity contribution >= 4 is 5.91 Å². The van der Waals surface area contributed by atoms with E-state index in [9.17, 15) is 4.79 Å². The number of aromatic nitrogens is 2. The van der Waals surface area contributed by atoms with Crippen molar-refractivity contribution in [1.29, 1.82) is 0 Å².